The Labute approximate surface area is 159 Å². The van der Waals surface area contributed by atoms with Crippen molar-refractivity contribution < 1.29 is 4.79 Å². The zero-order valence-electron chi connectivity index (χ0n) is 16.4. The normalized spacial score (nSPS) is 11.0. The molecule has 0 fully saturated rings. The molecule has 0 aliphatic rings. The van der Waals surface area contributed by atoms with Crippen LogP contribution in [0.1, 0.15) is 47.8 Å². The van der Waals surface area contributed by atoms with Crippen molar-refractivity contribution in [3.05, 3.63) is 75.1 Å². The molecule has 1 amide bonds. The Morgan fingerprint density at radius 3 is 2.30 bits per heavy atom. The van der Waals surface area contributed by atoms with Gasteiger partial charge in [-0.3, -0.25) is 9.59 Å². The SMILES string of the molecule is CCc1cccc(CC)c1NC(=O)c1cn(CC)c2ccc(C)cc2c1=O. The van der Waals surface area contributed by atoms with E-state index in [1.165, 1.54) is 0 Å². The zero-order chi connectivity index (χ0) is 19.6. The van der Waals surface area contributed by atoms with E-state index in [2.05, 4.69) is 19.2 Å². The van der Waals surface area contributed by atoms with Gasteiger partial charge in [0.05, 0.1) is 5.52 Å². The molecule has 3 aromatic rings. The van der Waals surface area contributed by atoms with Gasteiger partial charge in [0.2, 0.25) is 5.43 Å². The van der Waals surface area contributed by atoms with Gasteiger partial charge in [-0.15, -0.1) is 0 Å². The smallest absolute Gasteiger partial charge is 0.261 e. The fourth-order valence-corrected chi connectivity index (χ4v) is 3.52. The van der Waals surface area contributed by atoms with Crippen LogP contribution < -0.4 is 10.7 Å². The number of hydrogen-bond acceptors (Lipinski definition) is 2. The van der Waals surface area contributed by atoms with E-state index in [0.29, 0.717) is 11.9 Å². The van der Waals surface area contributed by atoms with Gasteiger partial charge in [-0.25, -0.2) is 0 Å². The molecule has 1 N–H and O–H groups in total. The largest absolute Gasteiger partial charge is 0.347 e. The molecule has 0 saturated carbocycles. The number of rotatable bonds is 5. The predicted molar refractivity (Wildman–Crippen MR) is 112 cm³/mol. The van der Waals surface area contributed by atoms with E-state index in [-0.39, 0.29) is 16.9 Å². The van der Waals surface area contributed by atoms with Crippen molar-refractivity contribution in [3.8, 4) is 0 Å². The molecule has 4 heteroatoms. The van der Waals surface area contributed by atoms with Crippen molar-refractivity contribution in [2.45, 2.75) is 47.1 Å². The van der Waals surface area contributed by atoms with E-state index in [1.807, 2.05) is 54.8 Å². The van der Waals surface area contributed by atoms with Gasteiger partial charge in [0.15, 0.2) is 0 Å². The second-order valence-corrected chi connectivity index (χ2v) is 6.79. The Morgan fingerprint density at radius 2 is 1.70 bits per heavy atom. The highest BCUT2D eigenvalue weighted by molar-refractivity contribution is 6.06. The molecular formula is C23H26N2O2. The summed E-state index contributed by atoms with van der Waals surface area (Å²) in [5, 5.41) is 3.60. The third-order valence-corrected chi connectivity index (χ3v) is 5.06. The van der Waals surface area contributed by atoms with Crippen LogP contribution in [0.3, 0.4) is 0 Å². The van der Waals surface area contributed by atoms with E-state index in [9.17, 15) is 9.59 Å². The number of nitrogens with one attached hydrogen (secondary N) is 1. The quantitative estimate of drug-likeness (QED) is 0.715. The van der Waals surface area contributed by atoms with E-state index in [1.54, 1.807) is 6.20 Å². The van der Waals surface area contributed by atoms with Gasteiger partial charge in [0, 0.05) is 23.8 Å². The first kappa shape index (κ1) is 18.9. The molecule has 0 saturated heterocycles. The first-order valence-electron chi connectivity index (χ1n) is 9.56. The molecule has 0 unspecified atom stereocenters. The third kappa shape index (κ3) is 3.52. The molecule has 2 aromatic carbocycles. The van der Waals surface area contributed by atoms with Crippen LogP contribution in [-0.4, -0.2) is 10.5 Å². The average Bonchev–Trinajstić information content (AvgIpc) is 2.68. The number of pyridine rings is 1. The van der Waals surface area contributed by atoms with Crippen LogP contribution in [0.5, 0.6) is 0 Å². The van der Waals surface area contributed by atoms with Crippen LogP contribution in [0.15, 0.2) is 47.4 Å². The van der Waals surface area contributed by atoms with Gasteiger partial charge < -0.3 is 9.88 Å². The number of para-hydroxylation sites is 1. The lowest BCUT2D eigenvalue weighted by molar-refractivity contribution is 0.102. The van der Waals surface area contributed by atoms with Crippen molar-refractivity contribution in [2.24, 2.45) is 0 Å². The third-order valence-electron chi connectivity index (χ3n) is 5.06. The maximum atomic E-state index is 13.0. The van der Waals surface area contributed by atoms with Crippen LogP contribution >= 0.6 is 0 Å². The second kappa shape index (κ2) is 7.78. The topological polar surface area (TPSA) is 51.1 Å². The van der Waals surface area contributed by atoms with Gasteiger partial charge in [0.1, 0.15) is 5.56 Å². The van der Waals surface area contributed by atoms with E-state index in [0.717, 1.165) is 40.7 Å². The summed E-state index contributed by atoms with van der Waals surface area (Å²) in [6, 6.07) is 11.8. The summed E-state index contributed by atoms with van der Waals surface area (Å²) in [5.74, 6) is -0.346. The Kier molecular flexibility index (Phi) is 5.45. The molecule has 4 nitrogen and oxygen atoms in total. The fourth-order valence-electron chi connectivity index (χ4n) is 3.52. The number of carbonyl (C=O) groups excluding carboxylic acids is 1. The van der Waals surface area contributed by atoms with Crippen LogP contribution in [0.2, 0.25) is 0 Å². The first-order chi connectivity index (χ1) is 13.0. The van der Waals surface area contributed by atoms with Crippen LogP contribution in [0.25, 0.3) is 10.9 Å². The lowest BCUT2D eigenvalue weighted by Gasteiger charge is -2.16. The van der Waals surface area contributed by atoms with Gasteiger partial charge in [-0.2, -0.15) is 0 Å². The minimum absolute atomic E-state index is 0.183. The summed E-state index contributed by atoms with van der Waals surface area (Å²) >= 11 is 0. The predicted octanol–water partition coefficient (Wildman–Crippen LogP) is 4.71. The van der Waals surface area contributed by atoms with Crippen molar-refractivity contribution in [1.82, 2.24) is 4.57 Å². The number of aromatic nitrogens is 1. The van der Waals surface area contributed by atoms with Crippen molar-refractivity contribution >= 4 is 22.5 Å². The molecule has 0 radical (unpaired) electrons. The molecular weight excluding hydrogens is 336 g/mol. The monoisotopic (exact) mass is 362 g/mol. The molecule has 27 heavy (non-hydrogen) atoms. The second-order valence-electron chi connectivity index (χ2n) is 6.79. The molecule has 3 rings (SSSR count). The zero-order valence-corrected chi connectivity index (χ0v) is 16.4. The lowest BCUT2D eigenvalue weighted by Crippen LogP contribution is -2.24. The van der Waals surface area contributed by atoms with Gasteiger partial charge in [0.25, 0.3) is 5.91 Å². The summed E-state index contributed by atoms with van der Waals surface area (Å²) in [7, 11) is 0. The van der Waals surface area contributed by atoms with Crippen molar-refractivity contribution in [2.75, 3.05) is 5.32 Å². The minimum Gasteiger partial charge on any atom is -0.347 e. The number of fused-ring (bicyclic) bond motifs is 1. The fraction of sp³-hybridized carbons (Fsp3) is 0.304. The standard InChI is InChI=1S/C23H26N2O2/c1-5-16-9-8-10-17(6-2)21(16)24-23(27)19-14-25(7-3)20-12-11-15(4)13-18(20)22(19)26/h8-14H,5-7H2,1-4H3,(H,24,27). The molecule has 1 heterocycles. The highest BCUT2D eigenvalue weighted by Gasteiger charge is 2.17. The molecule has 0 aliphatic heterocycles. The highest BCUT2D eigenvalue weighted by atomic mass is 16.2. The lowest BCUT2D eigenvalue weighted by atomic mass is 10.0. The summed E-state index contributed by atoms with van der Waals surface area (Å²) < 4.78 is 1.96. The number of benzene rings is 2. The summed E-state index contributed by atoms with van der Waals surface area (Å²) in [6.45, 7) is 8.77. The maximum Gasteiger partial charge on any atom is 0.261 e. The summed E-state index contributed by atoms with van der Waals surface area (Å²) in [5.41, 5.74) is 4.81. The van der Waals surface area contributed by atoms with Gasteiger partial charge in [-0.1, -0.05) is 43.7 Å². The minimum atomic E-state index is -0.346. The van der Waals surface area contributed by atoms with E-state index in [4.69, 9.17) is 0 Å². The number of carbonyl (C=O) groups is 1. The summed E-state index contributed by atoms with van der Waals surface area (Å²) in [4.78, 5) is 26.1. The summed E-state index contributed by atoms with van der Waals surface area (Å²) in [6.07, 6.45) is 3.31. The molecule has 0 aliphatic carbocycles. The number of hydrogen-bond donors (Lipinski definition) is 1. The maximum absolute atomic E-state index is 13.0. The Balaban J connectivity index is 2.12. The van der Waals surface area contributed by atoms with Crippen molar-refractivity contribution in [1.29, 1.82) is 0 Å². The number of nitrogens with zero attached hydrogens (tertiary/aromatic N) is 1. The highest BCUT2D eigenvalue weighted by Crippen LogP contribution is 2.23. The molecule has 0 bridgehead atoms. The van der Waals surface area contributed by atoms with E-state index < -0.39 is 0 Å². The number of amides is 1. The van der Waals surface area contributed by atoms with Crippen LogP contribution in [0.4, 0.5) is 5.69 Å². The number of anilines is 1. The van der Waals surface area contributed by atoms with Crippen molar-refractivity contribution in [3.63, 3.8) is 0 Å². The van der Waals surface area contributed by atoms with Gasteiger partial charge >= 0.3 is 0 Å². The van der Waals surface area contributed by atoms with Crippen LogP contribution in [-0.2, 0) is 19.4 Å². The first-order valence-corrected chi connectivity index (χ1v) is 9.56. The molecule has 140 valence electrons. The molecule has 1 aromatic heterocycles. The van der Waals surface area contributed by atoms with E-state index >= 15 is 0 Å². The Hall–Kier alpha value is -2.88. The van der Waals surface area contributed by atoms with Gasteiger partial charge in [-0.05, 0) is 49.9 Å². The average molecular weight is 362 g/mol. The van der Waals surface area contributed by atoms with Crippen LogP contribution in [0, 0.1) is 6.92 Å². The number of aryl methyl sites for hydroxylation is 4. The molecule has 0 spiro atoms. The Bertz CT molecular complexity index is 1040. The molecule has 0 atom stereocenters. The Morgan fingerprint density at radius 1 is 1.04 bits per heavy atom.